The zero-order valence-electron chi connectivity index (χ0n) is 6.21. The van der Waals surface area contributed by atoms with Crippen LogP contribution in [0.4, 0.5) is 0 Å². The molecule has 0 aliphatic carbocycles. The maximum absolute atomic E-state index is 5.31. The SMILES string of the molecule is NC(=S)NCC1CSCCS1. The number of hydrogen-bond donors (Lipinski definition) is 2. The molecule has 0 saturated carbocycles. The zero-order valence-corrected chi connectivity index (χ0v) is 8.66. The lowest BCUT2D eigenvalue weighted by Gasteiger charge is -2.20. The largest absolute Gasteiger partial charge is 0.376 e. The van der Waals surface area contributed by atoms with Crippen molar-refractivity contribution in [2.45, 2.75) is 5.25 Å². The van der Waals surface area contributed by atoms with Crippen molar-refractivity contribution < 1.29 is 0 Å². The molecule has 1 rings (SSSR count). The van der Waals surface area contributed by atoms with Crippen LogP contribution >= 0.6 is 35.7 Å². The van der Waals surface area contributed by atoms with Crippen molar-refractivity contribution in [1.82, 2.24) is 5.32 Å². The van der Waals surface area contributed by atoms with Gasteiger partial charge in [0.05, 0.1) is 0 Å². The topological polar surface area (TPSA) is 38.0 Å². The summed E-state index contributed by atoms with van der Waals surface area (Å²) in [6.07, 6.45) is 0. The van der Waals surface area contributed by atoms with Crippen molar-refractivity contribution in [3.63, 3.8) is 0 Å². The number of rotatable bonds is 2. The molecule has 0 radical (unpaired) electrons. The van der Waals surface area contributed by atoms with Crippen LogP contribution in [0, 0.1) is 0 Å². The van der Waals surface area contributed by atoms with E-state index in [-0.39, 0.29) is 0 Å². The van der Waals surface area contributed by atoms with E-state index in [1.165, 1.54) is 17.3 Å². The van der Waals surface area contributed by atoms with Gasteiger partial charge in [0.15, 0.2) is 5.11 Å². The molecule has 1 fully saturated rings. The Kier molecular flexibility index (Phi) is 4.40. The molecular weight excluding hydrogens is 196 g/mol. The molecule has 0 bridgehead atoms. The van der Waals surface area contributed by atoms with Crippen LogP contribution in [0.2, 0.25) is 0 Å². The minimum Gasteiger partial charge on any atom is -0.376 e. The first kappa shape index (κ1) is 9.48. The smallest absolute Gasteiger partial charge is 0.163 e. The normalized spacial score (nSPS) is 24.5. The van der Waals surface area contributed by atoms with E-state index in [1.54, 1.807) is 0 Å². The van der Waals surface area contributed by atoms with Crippen molar-refractivity contribution in [3.8, 4) is 0 Å². The van der Waals surface area contributed by atoms with Gasteiger partial charge in [-0.25, -0.2) is 0 Å². The van der Waals surface area contributed by atoms with Gasteiger partial charge in [0, 0.05) is 29.1 Å². The molecule has 11 heavy (non-hydrogen) atoms. The second kappa shape index (κ2) is 5.11. The van der Waals surface area contributed by atoms with Gasteiger partial charge in [-0.2, -0.15) is 23.5 Å². The second-order valence-electron chi connectivity index (χ2n) is 2.31. The molecule has 0 spiro atoms. The highest BCUT2D eigenvalue weighted by atomic mass is 32.2. The average molecular weight is 208 g/mol. The standard InChI is InChI=1S/C6H12N2S3/c7-6(9)8-3-5-4-10-1-2-11-5/h5H,1-4H2,(H3,7,8,9). The molecular formula is C6H12N2S3. The minimum atomic E-state index is 0.418. The fraction of sp³-hybridized carbons (Fsp3) is 0.833. The molecule has 1 heterocycles. The third-order valence-electron chi connectivity index (χ3n) is 1.39. The summed E-state index contributed by atoms with van der Waals surface area (Å²) in [5.74, 6) is 3.77. The van der Waals surface area contributed by atoms with Crippen LogP contribution in [0.5, 0.6) is 0 Å². The van der Waals surface area contributed by atoms with Gasteiger partial charge in [0.25, 0.3) is 0 Å². The molecule has 1 aliphatic heterocycles. The Bertz CT molecular complexity index is 134. The monoisotopic (exact) mass is 208 g/mol. The third kappa shape index (κ3) is 4.08. The van der Waals surface area contributed by atoms with Crippen molar-refractivity contribution in [2.24, 2.45) is 5.73 Å². The molecule has 1 aliphatic rings. The summed E-state index contributed by atoms with van der Waals surface area (Å²) in [6, 6.07) is 0. The Hall–Kier alpha value is 0.390. The fourth-order valence-electron chi connectivity index (χ4n) is 0.869. The summed E-state index contributed by atoms with van der Waals surface area (Å²) < 4.78 is 0. The maximum Gasteiger partial charge on any atom is 0.163 e. The van der Waals surface area contributed by atoms with Crippen molar-refractivity contribution >= 4 is 40.9 Å². The highest BCUT2D eigenvalue weighted by Crippen LogP contribution is 2.22. The van der Waals surface area contributed by atoms with Crippen LogP contribution in [-0.4, -0.2) is 34.2 Å². The molecule has 0 amide bonds. The van der Waals surface area contributed by atoms with E-state index in [1.807, 2.05) is 23.5 Å². The number of thioether (sulfide) groups is 2. The fourth-order valence-corrected chi connectivity index (χ4v) is 3.56. The van der Waals surface area contributed by atoms with Gasteiger partial charge >= 0.3 is 0 Å². The molecule has 1 saturated heterocycles. The van der Waals surface area contributed by atoms with Crippen molar-refractivity contribution in [3.05, 3.63) is 0 Å². The van der Waals surface area contributed by atoms with Crippen LogP contribution in [0.15, 0.2) is 0 Å². The Labute approximate surface area is 81.1 Å². The third-order valence-corrected chi connectivity index (χ3v) is 4.38. The van der Waals surface area contributed by atoms with Gasteiger partial charge in [0.2, 0.25) is 0 Å². The highest BCUT2D eigenvalue weighted by molar-refractivity contribution is 8.06. The molecule has 64 valence electrons. The lowest BCUT2D eigenvalue weighted by Crippen LogP contribution is -2.36. The predicted molar refractivity (Wildman–Crippen MR) is 58.4 cm³/mol. The molecule has 5 heteroatoms. The first-order valence-corrected chi connectivity index (χ1v) is 6.13. The van der Waals surface area contributed by atoms with Crippen LogP contribution in [0.25, 0.3) is 0 Å². The van der Waals surface area contributed by atoms with E-state index in [0.717, 1.165) is 6.54 Å². The van der Waals surface area contributed by atoms with E-state index in [4.69, 9.17) is 18.0 Å². The molecule has 0 aromatic carbocycles. The molecule has 1 atom stereocenters. The zero-order chi connectivity index (χ0) is 8.10. The van der Waals surface area contributed by atoms with Crippen molar-refractivity contribution in [1.29, 1.82) is 0 Å². The molecule has 1 unspecified atom stereocenters. The van der Waals surface area contributed by atoms with Gasteiger partial charge in [-0.1, -0.05) is 0 Å². The first-order chi connectivity index (χ1) is 5.29. The van der Waals surface area contributed by atoms with Crippen LogP contribution in [-0.2, 0) is 0 Å². The summed E-state index contributed by atoms with van der Waals surface area (Å²) in [5, 5.41) is 4.10. The minimum absolute atomic E-state index is 0.418. The molecule has 3 N–H and O–H groups in total. The Morgan fingerprint density at radius 3 is 3.00 bits per heavy atom. The Balaban J connectivity index is 2.09. The van der Waals surface area contributed by atoms with Gasteiger partial charge in [-0.05, 0) is 12.2 Å². The van der Waals surface area contributed by atoms with E-state index >= 15 is 0 Å². The van der Waals surface area contributed by atoms with E-state index in [9.17, 15) is 0 Å². The second-order valence-corrected chi connectivity index (χ2v) is 5.31. The summed E-state index contributed by atoms with van der Waals surface area (Å²) in [4.78, 5) is 0. The van der Waals surface area contributed by atoms with Crippen LogP contribution < -0.4 is 11.1 Å². The van der Waals surface area contributed by atoms with Gasteiger partial charge < -0.3 is 11.1 Å². The molecule has 0 aromatic heterocycles. The number of hydrogen-bond acceptors (Lipinski definition) is 3. The van der Waals surface area contributed by atoms with E-state index in [0.29, 0.717) is 10.4 Å². The summed E-state index contributed by atoms with van der Waals surface area (Å²) in [6.45, 7) is 0.924. The van der Waals surface area contributed by atoms with Crippen molar-refractivity contribution in [2.75, 3.05) is 23.8 Å². The van der Waals surface area contributed by atoms with E-state index in [2.05, 4.69) is 5.32 Å². The lowest BCUT2D eigenvalue weighted by atomic mass is 10.5. The van der Waals surface area contributed by atoms with Gasteiger partial charge in [-0.15, -0.1) is 0 Å². The number of thiocarbonyl (C=S) groups is 1. The summed E-state index contributed by atoms with van der Waals surface area (Å²) >= 11 is 8.73. The predicted octanol–water partition coefficient (Wildman–Crippen LogP) is 0.668. The highest BCUT2D eigenvalue weighted by Gasteiger charge is 2.13. The van der Waals surface area contributed by atoms with Gasteiger partial charge in [-0.3, -0.25) is 0 Å². The van der Waals surface area contributed by atoms with Gasteiger partial charge in [0.1, 0.15) is 0 Å². The van der Waals surface area contributed by atoms with E-state index < -0.39 is 0 Å². The Morgan fingerprint density at radius 1 is 1.64 bits per heavy atom. The lowest BCUT2D eigenvalue weighted by molar-refractivity contribution is 0.863. The molecule has 2 nitrogen and oxygen atoms in total. The average Bonchev–Trinajstić information content (AvgIpc) is 2.03. The Morgan fingerprint density at radius 2 is 2.45 bits per heavy atom. The summed E-state index contributed by atoms with van der Waals surface area (Å²) in [5.41, 5.74) is 5.31. The molecule has 0 aromatic rings. The first-order valence-electron chi connectivity index (χ1n) is 3.51. The quantitative estimate of drug-likeness (QED) is 0.653. The summed E-state index contributed by atoms with van der Waals surface area (Å²) in [7, 11) is 0. The van der Waals surface area contributed by atoms with Crippen LogP contribution in [0.3, 0.4) is 0 Å². The van der Waals surface area contributed by atoms with Crippen LogP contribution in [0.1, 0.15) is 0 Å². The number of nitrogens with two attached hydrogens (primary N) is 1. The maximum atomic E-state index is 5.31. The number of nitrogens with one attached hydrogen (secondary N) is 1.